The molecule has 1 atom stereocenters. The Bertz CT molecular complexity index is 631. The quantitative estimate of drug-likeness (QED) is 0.911. The number of hydrogen-bond acceptors (Lipinski definition) is 4. The molecule has 0 spiro atoms. The molecule has 1 saturated heterocycles. The molecule has 138 valence electrons. The first-order valence-corrected chi connectivity index (χ1v) is 9.14. The Kier molecular flexibility index (Phi) is 5.46. The monoisotopic (exact) mass is 346 g/mol. The molecule has 0 radical (unpaired) electrons. The van der Waals surface area contributed by atoms with Crippen molar-refractivity contribution in [2.45, 2.75) is 45.2 Å². The normalized spacial score (nSPS) is 21.1. The van der Waals surface area contributed by atoms with Crippen LogP contribution in [-0.2, 0) is 32.6 Å². The molecule has 0 bridgehead atoms. The molecule has 2 aliphatic rings. The van der Waals surface area contributed by atoms with Gasteiger partial charge in [0, 0.05) is 26.7 Å². The zero-order valence-electron chi connectivity index (χ0n) is 15.9. The Morgan fingerprint density at radius 2 is 2.20 bits per heavy atom. The van der Waals surface area contributed by atoms with Gasteiger partial charge >= 0.3 is 0 Å². The lowest BCUT2D eigenvalue weighted by Crippen LogP contribution is -2.40. The molecule has 5 nitrogen and oxygen atoms in total. The maximum Gasteiger partial charge on any atom is 0.248 e. The van der Waals surface area contributed by atoms with Crippen molar-refractivity contribution >= 4 is 5.91 Å². The molecule has 1 amide bonds. The summed E-state index contributed by atoms with van der Waals surface area (Å²) in [7, 11) is 1.57. The Morgan fingerprint density at radius 1 is 1.40 bits per heavy atom. The molecular weight excluding hydrogens is 316 g/mol. The number of nitrogens with one attached hydrogen (secondary N) is 1. The summed E-state index contributed by atoms with van der Waals surface area (Å²) in [4.78, 5) is 14.2. The van der Waals surface area contributed by atoms with E-state index >= 15 is 0 Å². The van der Waals surface area contributed by atoms with Crippen LogP contribution in [0.25, 0.3) is 0 Å². The third-order valence-electron chi connectivity index (χ3n) is 5.16. The number of morpholine rings is 1. The van der Waals surface area contributed by atoms with Gasteiger partial charge in [0.1, 0.15) is 6.61 Å². The number of ether oxygens (including phenoxy) is 2. The topological polar surface area (TPSA) is 50.8 Å². The van der Waals surface area contributed by atoms with E-state index < -0.39 is 0 Å². The van der Waals surface area contributed by atoms with Gasteiger partial charge in [-0.3, -0.25) is 4.79 Å². The molecule has 0 saturated carbocycles. The minimum absolute atomic E-state index is 0.0619. The average molecular weight is 346 g/mol. The average Bonchev–Trinajstić information content (AvgIpc) is 2.60. The van der Waals surface area contributed by atoms with Crippen molar-refractivity contribution in [1.29, 1.82) is 0 Å². The van der Waals surface area contributed by atoms with Crippen LogP contribution in [0.15, 0.2) is 12.1 Å². The number of amides is 1. The van der Waals surface area contributed by atoms with Crippen LogP contribution in [0, 0.1) is 0 Å². The van der Waals surface area contributed by atoms with Crippen LogP contribution < -0.4 is 5.32 Å². The molecule has 0 aromatic heterocycles. The van der Waals surface area contributed by atoms with Gasteiger partial charge in [-0.25, -0.2) is 0 Å². The van der Waals surface area contributed by atoms with Crippen LogP contribution in [0.1, 0.15) is 49.1 Å². The fourth-order valence-electron chi connectivity index (χ4n) is 3.63. The van der Waals surface area contributed by atoms with Gasteiger partial charge in [-0.2, -0.15) is 0 Å². The minimum atomic E-state index is 0.0619. The predicted octanol–water partition coefficient (Wildman–Crippen LogP) is 2.18. The summed E-state index contributed by atoms with van der Waals surface area (Å²) in [5, 5.41) is 3.58. The second kappa shape index (κ2) is 7.44. The van der Waals surface area contributed by atoms with Gasteiger partial charge in [0.05, 0.1) is 19.3 Å². The van der Waals surface area contributed by atoms with Gasteiger partial charge in [0.15, 0.2) is 0 Å². The largest absolute Gasteiger partial charge is 0.378 e. The Hall–Kier alpha value is -1.43. The number of nitrogens with zero attached hydrogens (tertiary/aromatic N) is 1. The standard InChI is InChI=1S/C20H30N2O3/c1-20(2,3)15-9-14-5-7-22(19(23)13-24-4)11-17(14)16(10-15)18-12-25-8-6-21-18/h9-10,18,21H,5-8,11-13H2,1-4H3/t18-/m0/s1. The number of carbonyl (C=O) groups excluding carboxylic acids is 1. The molecule has 3 rings (SSSR count). The van der Waals surface area contributed by atoms with E-state index in [2.05, 4.69) is 38.2 Å². The van der Waals surface area contributed by atoms with Crippen molar-refractivity contribution in [3.05, 3.63) is 34.4 Å². The van der Waals surface area contributed by atoms with Gasteiger partial charge in [-0.05, 0) is 34.1 Å². The zero-order valence-corrected chi connectivity index (χ0v) is 15.9. The number of rotatable bonds is 3. The highest BCUT2D eigenvalue weighted by Crippen LogP contribution is 2.34. The summed E-state index contributed by atoms with van der Waals surface area (Å²) in [6, 6.07) is 4.85. The number of hydrogen-bond donors (Lipinski definition) is 1. The molecular formula is C20H30N2O3. The van der Waals surface area contributed by atoms with Crippen molar-refractivity contribution in [1.82, 2.24) is 10.2 Å². The highest BCUT2D eigenvalue weighted by Gasteiger charge is 2.29. The van der Waals surface area contributed by atoms with Crippen LogP contribution in [0.3, 0.4) is 0 Å². The van der Waals surface area contributed by atoms with E-state index in [9.17, 15) is 4.79 Å². The van der Waals surface area contributed by atoms with Crippen molar-refractivity contribution in [3.63, 3.8) is 0 Å². The lowest BCUT2D eigenvalue weighted by Gasteiger charge is -2.35. The molecule has 1 N–H and O–H groups in total. The lowest BCUT2D eigenvalue weighted by molar-refractivity contribution is -0.136. The zero-order chi connectivity index (χ0) is 18.0. The highest BCUT2D eigenvalue weighted by atomic mass is 16.5. The third-order valence-corrected chi connectivity index (χ3v) is 5.16. The van der Waals surface area contributed by atoms with E-state index in [0.29, 0.717) is 13.2 Å². The maximum absolute atomic E-state index is 12.3. The van der Waals surface area contributed by atoms with E-state index in [-0.39, 0.29) is 24.0 Å². The Labute approximate surface area is 150 Å². The van der Waals surface area contributed by atoms with Crippen LogP contribution in [-0.4, -0.2) is 50.8 Å². The number of benzene rings is 1. The van der Waals surface area contributed by atoms with Crippen LogP contribution in [0.2, 0.25) is 0 Å². The lowest BCUT2D eigenvalue weighted by atomic mass is 9.80. The predicted molar refractivity (Wildman–Crippen MR) is 97.7 cm³/mol. The van der Waals surface area contributed by atoms with Gasteiger partial charge in [-0.1, -0.05) is 32.9 Å². The van der Waals surface area contributed by atoms with E-state index in [4.69, 9.17) is 9.47 Å². The first kappa shape index (κ1) is 18.4. The van der Waals surface area contributed by atoms with E-state index in [1.165, 1.54) is 22.3 Å². The first-order chi connectivity index (χ1) is 11.9. The van der Waals surface area contributed by atoms with Gasteiger partial charge in [0.25, 0.3) is 0 Å². The van der Waals surface area contributed by atoms with Crippen molar-refractivity contribution < 1.29 is 14.3 Å². The molecule has 5 heteroatoms. The SMILES string of the molecule is COCC(=O)N1CCc2cc(C(C)(C)C)cc([C@@H]3COCCN3)c2C1. The molecule has 2 heterocycles. The molecule has 2 aliphatic heterocycles. The van der Waals surface area contributed by atoms with Crippen molar-refractivity contribution in [3.8, 4) is 0 Å². The summed E-state index contributed by atoms with van der Waals surface area (Å²) in [5.74, 6) is 0.0619. The second-order valence-corrected chi connectivity index (χ2v) is 8.03. The fourth-order valence-corrected chi connectivity index (χ4v) is 3.63. The first-order valence-electron chi connectivity index (χ1n) is 9.14. The summed E-state index contributed by atoms with van der Waals surface area (Å²) in [6.07, 6.45) is 0.898. The number of carbonyl (C=O) groups is 1. The molecule has 1 fully saturated rings. The second-order valence-electron chi connectivity index (χ2n) is 8.03. The summed E-state index contributed by atoms with van der Waals surface area (Å²) in [5.41, 5.74) is 5.40. The molecule has 0 unspecified atom stereocenters. The summed E-state index contributed by atoms with van der Waals surface area (Å²) >= 11 is 0. The third kappa shape index (κ3) is 4.05. The van der Waals surface area contributed by atoms with Gasteiger partial charge in [0.2, 0.25) is 5.91 Å². The highest BCUT2D eigenvalue weighted by molar-refractivity contribution is 5.77. The number of fused-ring (bicyclic) bond motifs is 1. The molecule has 25 heavy (non-hydrogen) atoms. The summed E-state index contributed by atoms with van der Waals surface area (Å²) in [6.45, 7) is 10.6. The van der Waals surface area contributed by atoms with Crippen molar-refractivity contribution in [2.24, 2.45) is 0 Å². The molecule has 0 aliphatic carbocycles. The van der Waals surface area contributed by atoms with Gasteiger partial charge in [-0.15, -0.1) is 0 Å². The van der Waals surface area contributed by atoms with Crippen LogP contribution in [0.4, 0.5) is 0 Å². The van der Waals surface area contributed by atoms with E-state index in [1.54, 1.807) is 7.11 Å². The van der Waals surface area contributed by atoms with E-state index in [0.717, 1.165) is 26.1 Å². The van der Waals surface area contributed by atoms with Crippen LogP contribution >= 0.6 is 0 Å². The Balaban J connectivity index is 1.98. The fraction of sp³-hybridized carbons (Fsp3) is 0.650. The number of methoxy groups -OCH3 is 1. The van der Waals surface area contributed by atoms with Crippen molar-refractivity contribution in [2.75, 3.05) is 40.0 Å². The summed E-state index contributed by atoms with van der Waals surface area (Å²) < 4.78 is 10.7. The minimum Gasteiger partial charge on any atom is -0.378 e. The van der Waals surface area contributed by atoms with Gasteiger partial charge < -0.3 is 19.7 Å². The maximum atomic E-state index is 12.3. The van der Waals surface area contributed by atoms with Crippen LogP contribution in [0.5, 0.6) is 0 Å². The molecule has 1 aromatic rings. The van der Waals surface area contributed by atoms with E-state index in [1.807, 2.05) is 4.90 Å². The molecule has 1 aromatic carbocycles. The Morgan fingerprint density at radius 3 is 2.84 bits per heavy atom. The smallest absolute Gasteiger partial charge is 0.248 e.